The Bertz CT molecular complexity index is 448. The molecular weight excluding hydrogens is 228 g/mol. The number of phenolic OH excluding ortho intramolecular Hbond substituents is 1. The maximum atomic E-state index is 11.9. The van der Waals surface area contributed by atoms with Crippen LogP contribution in [0.15, 0.2) is 12.1 Å². The zero-order chi connectivity index (χ0) is 13.9. The summed E-state index contributed by atoms with van der Waals surface area (Å²) >= 11 is 0. The quantitative estimate of drug-likeness (QED) is 0.764. The predicted octanol–water partition coefficient (Wildman–Crippen LogP) is 1.69. The van der Waals surface area contributed by atoms with Crippen molar-refractivity contribution in [2.45, 2.75) is 33.1 Å². The van der Waals surface area contributed by atoms with Crippen molar-refractivity contribution in [1.82, 2.24) is 5.32 Å². The maximum Gasteiger partial charge on any atom is 0.255 e. The van der Waals surface area contributed by atoms with Crippen LogP contribution in [0.4, 0.5) is 0 Å². The summed E-state index contributed by atoms with van der Waals surface area (Å²) in [5.41, 5.74) is 7.18. The Kier molecular flexibility index (Phi) is 4.35. The van der Waals surface area contributed by atoms with Crippen molar-refractivity contribution in [2.75, 3.05) is 13.1 Å². The number of carbonyl (C=O) groups excluding carboxylic acids is 1. The van der Waals surface area contributed by atoms with Gasteiger partial charge in [-0.25, -0.2) is 0 Å². The molecule has 0 atom stereocenters. The summed E-state index contributed by atoms with van der Waals surface area (Å²) in [5, 5.41) is 12.9. The van der Waals surface area contributed by atoms with Gasteiger partial charge in [0.2, 0.25) is 0 Å². The first-order chi connectivity index (χ1) is 8.27. The highest BCUT2D eigenvalue weighted by atomic mass is 16.3. The first-order valence-corrected chi connectivity index (χ1v) is 6.09. The van der Waals surface area contributed by atoms with E-state index in [1.807, 2.05) is 33.8 Å². The molecule has 1 aromatic carbocycles. The van der Waals surface area contributed by atoms with E-state index in [0.29, 0.717) is 18.7 Å². The molecule has 0 saturated carbocycles. The molecule has 0 bridgehead atoms. The molecule has 1 rings (SSSR count). The van der Waals surface area contributed by atoms with E-state index in [2.05, 4.69) is 5.32 Å². The number of hydrogen-bond donors (Lipinski definition) is 3. The SMILES string of the molecule is Cc1cc(C(=O)NCCN)c(O)c(C(C)(C)C)c1. The molecule has 18 heavy (non-hydrogen) atoms. The lowest BCUT2D eigenvalue weighted by molar-refractivity contribution is 0.0951. The Morgan fingerprint density at radius 1 is 1.39 bits per heavy atom. The fourth-order valence-corrected chi connectivity index (χ4v) is 1.80. The predicted molar refractivity (Wildman–Crippen MR) is 72.9 cm³/mol. The smallest absolute Gasteiger partial charge is 0.255 e. The van der Waals surface area contributed by atoms with Crippen LogP contribution in [-0.2, 0) is 5.41 Å². The Hall–Kier alpha value is -1.55. The van der Waals surface area contributed by atoms with Crippen molar-refractivity contribution in [3.05, 3.63) is 28.8 Å². The summed E-state index contributed by atoms with van der Waals surface area (Å²) in [5.74, 6) is -0.227. The fraction of sp³-hybridized carbons (Fsp3) is 0.500. The molecule has 4 nitrogen and oxygen atoms in total. The number of nitrogens with one attached hydrogen (secondary N) is 1. The number of benzene rings is 1. The largest absolute Gasteiger partial charge is 0.507 e. The maximum absolute atomic E-state index is 11.9. The van der Waals surface area contributed by atoms with Gasteiger partial charge in [0, 0.05) is 18.7 Å². The second-order valence-electron chi connectivity index (χ2n) is 5.50. The van der Waals surface area contributed by atoms with Crippen LogP contribution in [0, 0.1) is 6.92 Å². The molecule has 0 aliphatic carbocycles. The van der Waals surface area contributed by atoms with Gasteiger partial charge in [0.25, 0.3) is 5.91 Å². The van der Waals surface area contributed by atoms with Crippen molar-refractivity contribution >= 4 is 5.91 Å². The zero-order valence-corrected chi connectivity index (χ0v) is 11.5. The molecule has 0 aliphatic rings. The number of carbonyl (C=O) groups is 1. The van der Waals surface area contributed by atoms with Crippen LogP contribution in [0.3, 0.4) is 0 Å². The molecule has 100 valence electrons. The molecule has 1 amide bonds. The molecule has 0 aromatic heterocycles. The molecular formula is C14H22N2O2. The average molecular weight is 250 g/mol. The number of amides is 1. The van der Waals surface area contributed by atoms with E-state index in [4.69, 9.17) is 5.73 Å². The highest BCUT2D eigenvalue weighted by molar-refractivity contribution is 5.97. The molecule has 0 saturated heterocycles. The van der Waals surface area contributed by atoms with Crippen LogP contribution < -0.4 is 11.1 Å². The van der Waals surface area contributed by atoms with Gasteiger partial charge in [-0.1, -0.05) is 26.8 Å². The summed E-state index contributed by atoms with van der Waals surface area (Å²) in [6.45, 7) is 8.70. The summed E-state index contributed by atoms with van der Waals surface area (Å²) < 4.78 is 0. The second-order valence-corrected chi connectivity index (χ2v) is 5.50. The van der Waals surface area contributed by atoms with E-state index < -0.39 is 0 Å². The second kappa shape index (κ2) is 5.40. The molecule has 0 heterocycles. The van der Waals surface area contributed by atoms with Gasteiger partial charge in [-0.2, -0.15) is 0 Å². The Morgan fingerprint density at radius 3 is 2.50 bits per heavy atom. The van der Waals surface area contributed by atoms with Gasteiger partial charge >= 0.3 is 0 Å². The summed E-state index contributed by atoms with van der Waals surface area (Å²) in [6, 6.07) is 3.60. The Labute approximate surface area is 108 Å². The topological polar surface area (TPSA) is 75.4 Å². The van der Waals surface area contributed by atoms with Crippen LogP contribution in [-0.4, -0.2) is 24.1 Å². The number of aryl methyl sites for hydroxylation is 1. The molecule has 0 spiro atoms. The lowest BCUT2D eigenvalue weighted by atomic mass is 9.84. The minimum atomic E-state index is -0.285. The Balaban J connectivity index is 3.21. The number of hydrogen-bond acceptors (Lipinski definition) is 3. The lowest BCUT2D eigenvalue weighted by Crippen LogP contribution is -2.29. The molecule has 1 aromatic rings. The van der Waals surface area contributed by atoms with E-state index in [9.17, 15) is 9.90 Å². The summed E-state index contributed by atoms with van der Waals surface area (Å²) in [7, 11) is 0. The van der Waals surface area contributed by atoms with Gasteiger partial charge < -0.3 is 16.2 Å². The number of aromatic hydroxyl groups is 1. The number of rotatable bonds is 3. The molecule has 0 fully saturated rings. The van der Waals surface area contributed by atoms with Crippen molar-refractivity contribution in [3.63, 3.8) is 0 Å². The van der Waals surface area contributed by atoms with E-state index in [1.54, 1.807) is 6.07 Å². The van der Waals surface area contributed by atoms with Crippen LogP contribution in [0.5, 0.6) is 5.75 Å². The molecule has 0 radical (unpaired) electrons. The Morgan fingerprint density at radius 2 is 2.00 bits per heavy atom. The molecule has 4 N–H and O–H groups in total. The zero-order valence-electron chi connectivity index (χ0n) is 11.5. The summed E-state index contributed by atoms with van der Waals surface area (Å²) in [4.78, 5) is 11.9. The lowest BCUT2D eigenvalue weighted by Gasteiger charge is -2.22. The van der Waals surface area contributed by atoms with Crippen molar-refractivity contribution in [2.24, 2.45) is 5.73 Å². The molecule has 0 unspecified atom stereocenters. The minimum Gasteiger partial charge on any atom is -0.507 e. The van der Waals surface area contributed by atoms with Gasteiger partial charge in [0.05, 0.1) is 5.56 Å². The van der Waals surface area contributed by atoms with Crippen molar-refractivity contribution < 1.29 is 9.90 Å². The van der Waals surface area contributed by atoms with Crippen LogP contribution in [0.25, 0.3) is 0 Å². The standard InChI is InChI=1S/C14H22N2O2/c1-9-7-10(13(18)16-6-5-15)12(17)11(8-9)14(2,3)4/h7-8,17H,5-6,15H2,1-4H3,(H,16,18). The van der Waals surface area contributed by atoms with Gasteiger partial charge in [-0.05, 0) is 24.0 Å². The minimum absolute atomic E-state index is 0.0580. The normalized spacial score (nSPS) is 11.4. The highest BCUT2D eigenvalue weighted by Crippen LogP contribution is 2.34. The fourth-order valence-electron chi connectivity index (χ4n) is 1.80. The molecule has 4 heteroatoms. The van der Waals surface area contributed by atoms with Crippen LogP contribution in [0.1, 0.15) is 42.3 Å². The first-order valence-electron chi connectivity index (χ1n) is 6.09. The van der Waals surface area contributed by atoms with Crippen LogP contribution >= 0.6 is 0 Å². The van der Waals surface area contributed by atoms with E-state index in [-0.39, 0.29) is 17.1 Å². The van der Waals surface area contributed by atoms with Gasteiger partial charge in [0.1, 0.15) is 5.75 Å². The number of nitrogens with two attached hydrogens (primary N) is 1. The van der Waals surface area contributed by atoms with E-state index in [1.165, 1.54) is 0 Å². The third kappa shape index (κ3) is 3.23. The van der Waals surface area contributed by atoms with Gasteiger partial charge in [0.15, 0.2) is 0 Å². The first kappa shape index (κ1) is 14.5. The van der Waals surface area contributed by atoms with Crippen LogP contribution in [0.2, 0.25) is 0 Å². The van der Waals surface area contributed by atoms with E-state index in [0.717, 1.165) is 11.1 Å². The van der Waals surface area contributed by atoms with Crippen molar-refractivity contribution in [1.29, 1.82) is 0 Å². The van der Waals surface area contributed by atoms with Gasteiger partial charge in [-0.3, -0.25) is 4.79 Å². The molecule has 0 aliphatic heterocycles. The average Bonchev–Trinajstić information content (AvgIpc) is 2.27. The van der Waals surface area contributed by atoms with Gasteiger partial charge in [-0.15, -0.1) is 0 Å². The van der Waals surface area contributed by atoms with E-state index >= 15 is 0 Å². The third-order valence-corrected chi connectivity index (χ3v) is 2.74. The number of phenols is 1. The van der Waals surface area contributed by atoms with Crippen molar-refractivity contribution in [3.8, 4) is 5.75 Å². The highest BCUT2D eigenvalue weighted by Gasteiger charge is 2.23. The monoisotopic (exact) mass is 250 g/mol. The summed E-state index contributed by atoms with van der Waals surface area (Å²) in [6.07, 6.45) is 0. The third-order valence-electron chi connectivity index (χ3n) is 2.74.